The van der Waals surface area contributed by atoms with Crippen LogP contribution in [0, 0.1) is 0 Å². The molecule has 0 amide bonds. The summed E-state index contributed by atoms with van der Waals surface area (Å²) in [6.45, 7) is 6.06. The van der Waals surface area contributed by atoms with E-state index in [0.29, 0.717) is 0 Å². The third kappa shape index (κ3) is 3.39. The number of piperidine rings is 1. The molecule has 2 saturated heterocycles. The SMILES string of the molecule is CC1CN(c2cc(N3CCCCC3)ncn2)CC(c2ccsc2)O1. The number of ether oxygens (including phenoxy) is 1. The first-order chi connectivity index (χ1) is 11.8. The first-order valence-corrected chi connectivity index (χ1v) is 9.73. The molecule has 4 heterocycles. The first-order valence-electron chi connectivity index (χ1n) is 8.79. The van der Waals surface area contributed by atoms with Gasteiger partial charge in [-0.05, 0) is 48.6 Å². The van der Waals surface area contributed by atoms with Gasteiger partial charge in [-0.3, -0.25) is 0 Å². The van der Waals surface area contributed by atoms with Gasteiger partial charge in [0.15, 0.2) is 0 Å². The third-order valence-electron chi connectivity index (χ3n) is 4.82. The zero-order valence-corrected chi connectivity index (χ0v) is 14.9. The lowest BCUT2D eigenvalue weighted by Gasteiger charge is -2.37. The molecular formula is C18H24N4OS. The van der Waals surface area contributed by atoms with Crippen molar-refractivity contribution in [2.24, 2.45) is 0 Å². The van der Waals surface area contributed by atoms with Gasteiger partial charge in [0.25, 0.3) is 0 Å². The Balaban J connectivity index is 1.53. The predicted octanol–water partition coefficient (Wildman–Crippen LogP) is 3.49. The maximum absolute atomic E-state index is 6.14. The van der Waals surface area contributed by atoms with Gasteiger partial charge in [-0.15, -0.1) is 0 Å². The van der Waals surface area contributed by atoms with E-state index in [1.54, 1.807) is 17.7 Å². The molecule has 2 aliphatic heterocycles. The van der Waals surface area contributed by atoms with Crippen molar-refractivity contribution < 1.29 is 4.74 Å². The van der Waals surface area contributed by atoms with Crippen LogP contribution in [0.4, 0.5) is 11.6 Å². The van der Waals surface area contributed by atoms with Crippen molar-refractivity contribution in [1.29, 1.82) is 0 Å². The van der Waals surface area contributed by atoms with Crippen molar-refractivity contribution in [3.05, 3.63) is 34.8 Å². The highest BCUT2D eigenvalue weighted by atomic mass is 32.1. The Morgan fingerprint density at radius 1 is 1.08 bits per heavy atom. The first kappa shape index (κ1) is 15.8. The molecule has 0 N–H and O–H groups in total. The van der Waals surface area contributed by atoms with E-state index in [2.05, 4.69) is 49.6 Å². The second kappa shape index (κ2) is 7.07. The molecule has 2 fully saturated rings. The fourth-order valence-corrected chi connectivity index (χ4v) is 4.29. The summed E-state index contributed by atoms with van der Waals surface area (Å²) < 4.78 is 6.14. The number of hydrogen-bond donors (Lipinski definition) is 0. The van der Waals surface area contributed by atoms with Crippen LogP contribution in [0.3, 0.4) is 0 Å². The number of nitrogens with zero attached hydrogens (tertiary/aromatic N) is 4. The van der Waals surface area contributed by atoms with Crippen LogP contribution >= 0.6 is 11.3 Å². The molecule has 2 unspecified atom stereocenters. The summed E-state index contributed by atoms with van der Waals surface area (Å²) in [5, 5.41) is 4.29. The Morgan fingerprint density at radius 3 is 2.62 bits per heavy atom. The van der Waals surface area contributed by atoms with Gasteiger partial charge in [0.05, 0.1) is 6.10 Å². The van der Waals surface area contributed by atoms with Gasteiger partial charge in [-0.25, -0.2) is 9.97 Å². The third-order valence-corrected chi connectivity index (χ3v) is 5.52. The summed E-state index contributed by atoms with van der Waals surface area (Å²) in [5.74, 6) is 2.08. The Hall–Kier alpha value is -1.66. The van der Waals surface area contributed by atoms with E-state index in [9.17, 15) is 0 Å². The van der Waals surface area contributed by atoms with Crippen LogP contribution in [0.2, 0.25) is 0 Å². The molecule has 0 radical (unpaired) electrons. The molecule has 2 aliphatic rings. The summed E-state index contributed by atoms with van der Waals surface area (Å²) >= 11 is 1.72. The largest absolute Gasteiger partial charge is 0.367 e. The zero-order chi connectivity index (χ0) is 16.4. The van der Waals surface area contributed by atoms with Crippen molar-refractivity contribution in [3.8, 4) is 0 Å². The smallest absolute Gasteiger partial charge is 0.134 e. The Labute approximate surface area is 147 Å². The lowest BCUT2D eigenvalue weighted by Crippen LogP contribution is -2.43. The van der Waals surface area contributed by atoms with Crippen molar-refractivity contribution in [2.75, 3.05) is 36.0 Å². The summed E-state index contributed by atoms with van der Waals surface area (Å²) in [7, 11) is 0. The molecule has 2 atom stereocenters. The Kier molecular flexibility index (Phi) is 4.67. The molecule has 6 heteroatoms. The van der Waals surface area contributed by atoms with Gasteiger partial charge in [0.1, 0.15) is 24.1 Å². The average molecular weight is 344 g/mol. The minimum atomic E-state index is 0.119. The zero-order valence-electron chi connectivity index (χ0n) is 14.1. The van der Waals surface area contributed by atoms with E-state index in [1.165, 1.54) is 24.8 Å². The van der Waals surface area contributed by atoms with Gasteiger partial charge in [0, 0.05) is 32.2 Å². The number of rotatable bonds is 3. The molecule has 0 saturated carbocycles. The topological polar surface area (TPSA) is 41.5 Å². The standard InChI is InChI=1S/C18H24N4OS/c1-14-10-22(11-16(23-14)15-5-8-24-12-15)18-9-17(19-13-20-18)21-6-3-2-4-7-21/h5,8-9,12-14,16H,2-4,6-7,10-11H2,1H3. The normalized spacial score (nSPS) is 25.0. The number of aromatic nitrogens is 2. The van der Waals surface area contributed by atoms with Crippen LogP contribution in [-0.4, -0.2) is 42.3 Å². The maximum Gasteiger partial charge on any atom is 0.134 e. The molecule has 5 nitrogen and oxygen atoms in total. The highest BCUT2D eigenvalue weighted by Gasteiger charge is 2.28. The van der Waals surface area contributed by atoms with Crippen LogP contribution in [0.5, 0.6) is 0 Å². The Morgan fingerprint density at radius 2 is 1.88 bits per heavy atom. The van der Waals surface area contributed by atoms with E-state index >= 15 is 0 Å². The van der Waals surface area contributed by atoms with E-state index in [0.717, 1.165) is 37.8 Å². The highest BCUT2D eigenvalue weighted by Crippen LogP contribution is 2.30. The van der Waals surface area contributed by atoms with Gasteiger partial charge in [-0.2, -0.15) is 11.3 Å². The molecule has 2 aromatic rings. The van der Waals surface area contributed by atoms with Gasteiger partial charge >= 0.3 is 0 Å². The number of anilines is 2. The number of hydrogen-bond acceptors (Lipinski definition) is 6. The lowest BCUT2D eigenvalue weighted by atomic mass is 10.1. The molecule has 4 rings (SSSR count). The molecule has 2 aromatic heterocycles. The van der Waals surface area contributed by atoms with Crippen molar-refractivity contribution in [3.63, 3.8) is 0 Å². The fraction of sp³-hybridized carbons (Fsp3) is 0.556. The monoisotopic (exact) mass is 344 g/mol. The summed E-state index contributed by atoms with van der Waals surface area (Å²) in [6, 6.07) is 4.30. The van der Waals surface area contributed by atoms with Crippen molar-refractivity contribution in [2.45, 2.75) is 38.4 Å². The summed E-state index contributed by atoms with van der Waals surface area (Å²) in [6.07, 6.45) is 5.87. The van der Waals surface area contributed by atoms with Gasteiger partial charge in [0.2, 0.25) is 0 Å². The van der Waals surface area contributed by atoms with Crippen molar-refractivity contribution in [1.82, 2.24) is 9.97 Å². The number of thiophene rings is 1. The van der Waals surface area contributed by atoms with Crippen molar-refractivity contribution >= 4 is 23.0 Å². The van der Waals surface area contributed by atoms with Crippen LogP contribution in [0.25, 0.3) is 0 Å². The molecule has 24 heavy (non-hydrogen) atoms. The van der Waals surface area contributed by atoms with Gasteiger partial charge in [-0.1, -0.05) is 0 Å². The predicted molar refractivity (Wildman–Crippen MR) is 97.9 cm³/mol. The van der Waals surface area contributed by atoms with E-state index < -0.39 is 0 Å². The second-order valence-electron chi connectivity index (χ2n) is 6.68. The highest BCUT2D eigenvalue weighted by molar-refractivity contribution is 7.07. The lowest BCUT2D eigenvalue weighted by molar-refractivity contribution is -0.0174. The number of morpholine rings is 1. The molecule has 0 spiro atoms. The quantitative estimate of drug-likeness (QED) is 0.852. The molecule has 0 aliphatic carbocycles. The molecule has 0 bridgehead atoms. The molecule has 0 aromatic carbocycles. The minimum Gasteiger partial charge on any atom is -0.367 e. The van der Waals surface area contributed by atoms with Crippen LogP contribution in [-0.2, 0) is 4.74 Å². The minimum absolute atomic E-state index is 0.119. The second-order valence-corrected chi connectivity index (χ2v) is 7.46. The molecule has 128 valence electrons. The van der Waals surface area contributed by atoms with E-state index in [4.69, 9.17) is 4.74 Å². The average Bonchev–Trinajstić information content (AvgIpc) is 3.17. The van der Waals surface area contributed by atoms with Gasteiger partial charge < -0.3 is 14.5 Å². The van der Waals surface area contributed by atoms with Crippen LogP contribution < -0.4 is 9.80 Å². The maximum atomic E-state index is 6.14. The summed E-state index contributed by atoms with van der Waals surface area (Å²) in [4.78, 5) is 13.8. The van der Waals surface area contributed by atoms with Crippen LogP contribution in [0.15, 0.2) is 29.2 Å². The Bertz CT molecular complexity index is 657. The molecular weight excluding hydrogens is 320 g/mol. The van der Waals surface area contributed by atoms with E-state index in [1.807, 2.05) is 0 Å². The van der Waals surface area contributed by atoms with Crippen LogP contribution in [0.1, 0.15) is 37.9 Å². The fourth-order valence-electron chi connectivity index (χ4n) is 3.59. The summed E-state index contributed by atoms with van der Waals surface area (Å²) in [5.41, 5.74) is 1.27. The van der Waals surface area contributed by atoms with E-state index in [-0.39, 0.29) is 12.2 Å².